The first kappa shape index (κ1) is 11.0. The third kappa shape index (κ3) is 4.60. The summed E-state index contributed by atoms with van der Waals surface area (Å²) in [5.41, 5.74) is 0. The van der Waals surface area contributed by atoms with Gasteiger partial charge in [-0.05, 0) is 18.8 Å². The highest BCUT2D eigenvalue weighted by Crippen LogP contribution is 2.23. The predicted octanol–water partition coefficient (Wildman–Crippen LogP) is 0.936. The second kappa shape index (κ2) is 6.35. The Morgan fingerprint density at radius 3 is 2.54 bits per heavy atom. The molecule has 0 aromatic carbocycles. The van der Waals surface area contributed by atoms with Crippen LogP contribution < -0.4 is 0 Å². The smallest absolute Gasteiger partial charge is 0.100 e. The topological polar surface area (TPSA) is 49.7 Å². The van der Waals surface area contributed by atoms with Gasteiger partial charge in [-0.15, -0.1) is 0 Å². The van der Waals surface area contributed by atoms with Crippen molar-refractivity contribution in [2.45, 2.75) is 38.2 Å². The van der Waals surface area contributed by atoms with Crippen molar-refractivity contribution in [1.82, 2.24) is 0 Å². The molecule has 1 unspecified atom stereocenters. The Hall–Kier alpha value is -0.120. The highest BCUT2D eigenvalue weighted by Gasteiger charge is 2.13. The largest absolute Gasteiger partial charge is 0.394 e. The van der Waals surface area contributed by atoms with Crippen molar-refractivity contribution in [3.63, 3.8) is 0 Å². The molecule has 0 aromatic rings. The highest BCUT2D eigenvalue weighted by molar-refractivity contribution is 4.65. The minimum absolute atomic E-state index is 0.204. The van der Waals surface area contributed by atoms with E-state index in [1.54, 1.807) is 0 Å². The van der Waals surface area contributed by atoms with E-state index in [0.29, 0.717) is 5.92 Å². The van der Waals surface area contributed by atoms with Crippen molar-refractivity contribution < 1.29 is 14.9 Å². The number of aliphatic hydroxyl groups is 2. The van der Waals surface area contributed by atoms with Crippen LogP contribution in [0.4, 0.5) is 0 Å². The number of aliphatic hydroxyl groups excluding tert-OH is 2. The quantitative estimate of drug-likeness (QED) is 0.675. The molecule has 0 spiro atoms. The van der Waals surface area contributed by atoms with Gasteiger partial charge in [0.1, 0.15) is 6.10 Å². The van der Waals surface area contributed by atoms with Gasteiger partial charge in [0, 0.05) is 6.61 Å². The van der Waals surface area contributed by atoms with Crippen LogP contribution in [-0.2, 0) is 4.74 Å². The average molecular weight is 188 g/mol. The van der Waals surface area contributed by atoms with Crippen LogP contribution >= 0.6 is 0 Å². The Morgan fingerprint density at radius 1 is 1.23 bits per heavy atom. The van der Waals surface area contributed by atoms with Crippen molar-refractivity contribution in [2.24, 2.45) is 5.92 Å². The molecule has 1 aliphatic carbocycles. The van der Waals surface area contributed by atoms with Crippen molar-refractivity contribution in [3.05, 3.63) is 0 Å². The molecule has 3 nitrogen and oxygen atoms in total. The summed E-state index contributed by atoms with van der Waals surface area (Å²) >= 11 is 0. The predicted molar refractivity (Wildman–Crippen MR) is 50.5 cm³/mol. The molecule has 3 heteroatoms. The molecular weight excluding hydrogens is 168 g/mol. The van der Waals surface area contributed by atoms with Crippen LogP contribution in [0.25, 0.3) is 0 Å². The number of hydrogen-bond acceptors (Lipinski definition) is 3. The maximum atomic E-state index is 9.01. The molecule has 13 heavy (non-hydrogen) atoms. The van der Waals surface area contributed by atoms with Gasteiger partial charge in [-0.2, -0.15) is 0 Å². The Balaban J connectivity index is 1.98. The van der Waals surface area contributed by atoms with E-state index >= 15 is 0 Å². The van der Waals surface area contributed by atoms with E-state index in [0.717, 1.165) is 6.61 Å². The van der Waals surface area contributed by atoms with Crippen LogP contribution in [0.5, 0.6) is 0 Å². The molecule has 1 saturated carbocycles. The Kier molecular flexibility index (Phi) is 5.35. The zero-order chi connectivity index (χ0) is 9.52. The van der Waals surface area contributed by atoms with Gasteiger partial charge in [0.05, 0.1) is 13.2 Å². The first-order valence-electron chi connectivity index (χ1n) is 5.19. The summed E-state index contributed by atoms with van der Waals surface area (Å²) in [5, 5.41) is 17.6. The number of hydrogen-bond donors (Lipinski definition) is 2. The van der Waals surface area contributed by atoms with Crippen LogP contribution in [0, 0.1) is 5.92 Å². The Bertz CT molecular complexity index is 121. The second-order valence-corrected chi connectivity index (χ2v) is 3.88. The molecule has 78 valence electrons. The molecule has 0 radical (unpaired) electrons. The van der Waals surface area contributed by atoms with Gasteiger partial charge in [0.15, 0.2) is 0 Å². The van der Waals surface area contributed by atoms with E-state index in [2.05, 4.69) is 0 Å². The van der Waals surface area contributed by atoms with Crippen molar-refractivity contribution in [1.29, 1.82) is 0 Å². The molecule has 0 aromatic heterocycles. The second-order valence-electron chi connectivity index (χ2n) is 3.88. The average Bonchev–Trinajstić information content (AvgIpc) is 2.19. The third-order valence-electron chi connectivity index (χ3n) is 2.60. The van der Waals surface area contributed by atoms with E-state index in [4.69, 9.17) is 14.9 Å². The summed E-state index contributed by atoms with van der Waals surface area (Å²) in [7, 11) is 0. The SMILES string of the molecule is OCC(O)COCC1CCCCC1. The minimum Gasteiger partial charge on any atom is -0.394 e. The third-order valence-corrected chi connectivity index (χ3v) is 2.60. The first-order valence-corrected chi connectivity index (χ1v) is 5.19. The lowest BCUT2D eigenvalue weighted by molar-refractivity contribution is -0.00829. The van der Waals surface area contributed by atoms with E-state index in [-0.39, 0.29) is 13.2 Å². The fourth-order valence-corrected chi connectivity index (χ4v) is 1.78. The van der Waals surface area contributed by atoms with Crippen LogP contribution in [0.1, 0.15) is 32.1 Å². The van der Waals surface area contributed by atoms with Crippen molar-refractivity contribution in [2.75, 3.05) is 19.8 Å². The van der Waals surface area contributed by atoms with Crippen LogP contribution in [-0.4, -0.2) is 36.1 Å². The molecule has 1 aliphatic rings. The maximum absolute atomic E-state index is 9.01. The van der Waals surface area contributed by atoms with Crippen LogP contribution in [0.3, 0.4) is 0 Å². The fraction of sp³-hybridized carbons (Fsp3) is 1.00. The zero-order valence-electron chi connectivity index (χ0n) is 8.11. The van der Waals surface area contributed by atoms with Gasteiger partial charge in [-0.25, -0.2) is 0 Å². The molecular formula is C10H20O3. The van der Waals surface area contributed by atoms with E-state index in [1.807, 2.05) is 0 Å². The van der Waals surface area contributed by atoms with Crippen LogP contribution in [0.15, 0.2) is 0 Å². The molecule has 0 bridgehead atoms. The maximum Gasteiger partial charge on any atom is 0.100 e. The van der Waals surface area contributed by atoms with Gasteiger partial charge < -0.3 is 14.9 Å². The molecule has 0 heterocycles. The molecule has 1 atom stereocenters. The highest BCUT2D eigenvalue weighted by atomic mass is 16.5. The molecule has 1 rings (SSSR count). The standard InChI is InChI=1S/C10H20O3/c11-6-10(12)8-13-7-9-4-2-1-3-5-9/h9-12H,1-8H2. The minimum atomic E-state index is -0.705. The summed E-state index contributed by atoms with van der Waals surface area (Å²) in [6.07, 6.45) is 5.80. The summed E-state index contributed by atoms with van der Waals surface area (Å²) in [6.45, 7) is 0.814. The normalized spacial score (nSPS) is 21.7. The lowest BCUT2D eigenvalue weighted by atomic mass is 9.90. The van der Waals surface area contributed by atoms with E-state index in [9.17, 15) is 0 Å². The van der Waals surface area contributed by atoms with Crippen molar-refractivity contribution >= 4 is 0 Å². The lowest BCUT2D eigenvalue weighted by Crippen LogP contribution is -2.22. The molecule has 0 aliphatic heterocycles. The van der Waals surface area contributed by atoms with Crippen LogP contribution in [0.2, 0.25) is 0 Å². The van der Waals surface area contributed by atoms with Gasteiger partial charge in [-0.3, -0.25) is 0 Å². The molecule has 0 saturated heterocycles. The van der Waals surface area contributed by atoms with Gasteiger partial charge >= 0.3 is 0 Å². The summed E-state index contributed by atoms with van der Waals surface area (Å²) in [5.74, 6) is 0.680. The zero-order valence-corrected chi connectivity index (χ0v) is 8.11. The van der Waals surface area contributed by atoms with Crippen molar-refractivity contribution in [3.8, 4) is 0 Å². The lowest BCUT2D eigenvalue weighted by Gasteiger charge is -2.21. The van der Waals surface area contributed by atoms with Gasteiger partial charge in [-0.1, -0.05) is 19.3 Å². The summed E-state index contributed by atoms with van der Waals surface area (Å²) < 4.78 is 5.32. The van der Waals surface area contributed by atoms with Gasteiger partial charge in [0.2, 0.25) is 0 Å². The molecule has 1 fully saturated rings. The molecule has 2 N–H and O–H groups in total. The Morgan fingerprint density at radius 2 is 1.92 bits per heavy atom. The monoisotopic (exact) mass is 188 g/mol. The number of rotatable bonds is 5. The summed E-state index contributed by atoms with van der Waals surface area (Å²) in [6, 6.07) is 0. The Labute approximate surface area is 79.7 Å². The molecule has 0 amide bonds. The first-order chi connectivity index (χ1) is 6.33. The van der Waals surface area contributed by atoms with E-state index < -0.39 is 6.10 Å². The van der Waals surface area contributed by atoms with Gasteiger partial charge in [0.25, 0.3) is 0 Å². The van der Waals surface area contributed by atoms with E-state index in [1.165, 1.54) is 32.1 Å². The fourth-order valence-electron chi connectivity index (χ4n) is 1.78. The summed E-state index contributed by atoms with van der Waals surface area (Å²) in [4.78, 5) is 0. The number of ether oxygens (including phenoxy) is 1.